The molecule has 2 rings (SSSR count). The van der Waals surface area contributed by atoms with E-state index in [-0.39, 0.29) is 0 Å². The van der Waals surface area contributed by atoms with Gasteiger partial charge in [-0.15, -0.1) is 10.2 Å². The van der Waals surface area contributed by atoms with Crippen LogP contribution in [-0.4, -0.2) is 58.9 Å². The van der Waals surface area contributed by atoms with Gasteiger partial charge in [-0.1, -0.05) is 25.6 Å². The molecule has 1 aromatic rings. The van der Waals surface area contributed by atoms with E-state index in [9.17, 15) is 0 Å². The van der Waals surface area contributed by atoms with Crippen molar-refractivity contribution in [3.8, 4) is 0 Å². The Balaban J connectivity index is 1.77. The quantitative estimate of drug-likeness (QED) is 0.603. The second-order valence-corrected chi connectivity index (χ2v) is 7.13. The minimum Gasteiger partial charge on any atom is -0.384 e. The summed E-state index contributed by atoms with van der Waals surface area (Å²) in [5.74, 6) is 9.39. The molecular formula is C14H27N5OS. The van der Waals surface area contributed by atoms with E-state index >= 15 is 0 Å². The number of hydrogen-bond donors (Lipinski definition) is 1. The smallest absolute Gasteiger partial charge is 0.209 e. The lowest BCUT2D eigenvalue weighted by molar-refractivity contribution is 0.149. The van der Waals surface area contributed by atoms with Gasteiger partial charge in [0.25, 0.3) is 0 Å². The van der Waals surface area contributed by atoms with Crippen LogP contribution < -0.4 is 5.84 Å². The molecule has 0 aromatic carbocycles. The van der Waals surface area contributed by atoms with Crippen LogP contribution in [0.25, 0.3) is 0 Å². The second kappa shape index (κ2) is 8.00. The first-order valence-electron chi connectivity index (χ1n) is 7.63. The predicted molar refractivity (Wildman–Crippen MR) is 85.9 cm³/mol. The minimum absolute atomic E-state index is 0.615. The molecular weight excluding hydrogens is 286 g/mol. The fraction of sp³-hybridized carbons (Fsp3) is 0.857. The van der Waals surface area contributed by atoms with Crippen LogP contribution in [0.1, 0.15) is 26.1 Å². The monoisotopic (exact) mass is 313 g/mol. The van der Waals surface area contributed by atoms with E-state index in [0.29, 0.717) is 13.0 Å². The molecule has 1 saturated heterocycles. The minimum atomic E-state index is 0.615. The number of piperidine rings is 1. The van der Waals surface area contributed by atoms with Gasteiger partial charge in [0, 0.05) is 38.9 Å². The first-order valence-corrected chi connectivity index (χ1v) is 8.62. The third-order valence-corrected chi connectivity index (χ3v) is 4.77. The highest BCUT2D eigenvalue weighted by molar-refractivity contribution is 7.99. The Kier molecular flexibility index (Phi) is 6.32. The van der Waals surface area contributed by atoms with Gasteiger partial charge in [0.2, 0.25) is 5.16 Å². The molecule has 6 nitrogen and oxygen atoms in total. The number of methoxy groups -OCH3 is 1. The molecule has 2 heterocycles. The van der Waals surface area contributed by atoms with Crippen LogP contribution in [-0.2, 0) is 11.2 Å². The van der Waals surface area contributed by atoms with Crippen LogP contribution in [0, 0.1) is 11.8 Å². The Morgan fingerprint density at radius 1 is 1.29 bits per heavy atom. The SMILES string of the molecule is COCCc1nnc(SCCN2C[C@@H](C)C[C@H](C)C2)n1N. The zero-order valence-electron chi connectivity index (χ0n) is 13.3. The zero-order chi connectivity index (χ0) is 15.2. The van der Waals surface area contributed by atoms with Gasteiger partial charge < -0.3 is 15.5 Å². The Hall–Kier alpha value is -0.790. The maximum atomic E-state index is 6.01. The molecule has 0 unspecified atom stereocenters. The number of nitrogens with two attached hydrogens (primary N) is 1. The van der Waals surface area contributed by atoms with E-state index in [4.69, 9.17) is 10.6 Å². The molecule has 1 aliphatic rings. The average molecular weight is 313 g/mol. The maximum absolute atomic E-state index is 6.01. The number of nitrogen functional groups attached to an aromatic ring is 1. The van der Waals surface area contributed by atoms with Crippen LogP contribution >= 0.6 is 11.8 Å². The average Bonchev–Trinajstić information content (AvgIpc) is 2.77. The molecule has 0 radical (unpaired) electrons. The number of thioether (sulfide) groups is 1. The summed E-state index contributed by atoms with van der Waals surface area (Å²) in [4.78, 5) is 2.55. The molecule has 7 heteroatoms. The standard InChI is InChI=1S/C14H27N5OS/c1-11-8-12(2)10-18(9-11)5-7-21-14-17-16-13(19(14)15)4-6-20-3/h11-12H,4-10,15H2,1-3H3/t11-,12-/m0/s1. The molecule has 0 bridgehead atoms. The van der Waals surface area contributed by atoms with Crippen molar-refractivity contribution in [1.29, 1.82) is 0 Å². The summed E-state index contributed by atoms with van der Waals surface area (Å²) in [7, 11) is 1.67. The van der Waals surface area contributed by atoms with Crippen LogP contribution in [0.15, 0.2) is 5.16 Å². The molecule has 21 heavy (non-hydrogen) atoms. The van der Waals surface area contributed by atoms with E-state index in [0.717, 1.165) is 35.1 Å². The molecule has 0 aliphatic carbocycles. The van der Waals surface area contributed by atoms with Crippen molar-refractivity contribution in [2.24, 2.45) is 11.8 Å². The van der Waals surface area contributed by atoms with Crippen LogP contribution in [0.4, 0.5) is 0 Å². The van der Waals surface area contributed by atoms with Crippen molar-refractivity contribution >= 4 is 11.8 Å². The fourth-order valence-electron chi connectivity index (χ4n) is 3.01. The van der Waals surface area contributed by atoms with Crippen molar-refractivity contribution in [2.75, 3.05) is 44.9 Å². The summed E-state index contributed by atoms with van der Waals surface area (Å²) < 4.78 is 6.63. The largest absolute Gasteiger partial charge is 0.384 e. The predicted octanol–water partition coefficient (Wildman–Crippen LogP) is 1.25. The highest BCUT2D eigenvalue weighted by Gasteiger charge is 2.21. The lowest BCUT2D eigenvalue weighted by atomic mass is 9.92. The van der Waals surface area contributed by atoms with Gasteiger partial charge >= 0.3 is 0 Å². The zero-order valence-corrected chi connectivity index (χ0v) is 14.1. The summed E-state index contributed by atoms with van der Waals surface area (Å²) in [5, 5.41) is 9.07. The Morgan fingerprint density at radius 2 is 2.00 bits per heavy atom. The van der Waals surface area contributed by atoms with E-state index in [1.807, 2.05) is 0 Å². The van der Waals surface area contributed by atoms with Crippen LogP contribution in [0.2, 0.25) is 0 Å². The van der Waals surface area contributed by atoms with Gasteiger partial charge in [-0.05, 0) is 18.3 Å². The molecule has 1 aliphatic heterocycles. The fourth-order valence-corrected chi connectivity index (χ4v) is 3.89. The molecule has 2 atom stereocenters. The summed E-state index contributed by atoms with van der Waals surface area (Å²) >= 11 is 1.68. The van der Waals surface area contributed by atoms with Gasteiger partial charge in [-0.3, -0.25) is 0 Å². The number of likely N-dealkylation sites (tertiary alicyclic amines) is 1. The van der Waals surface area contributed by atoms with Crippen molar-refractivity contribution in [3.63, 3.8) is 0 Å². The third-order valence-electron chi connectivity index (χ3n) is 3.85. The number of aromatic nitrogens is 3. The van der Waals surface area contributed by atoms with Crippen molar-refractivity contribution < 1.29 is 4.74 Å². The summed E-state index contributed by atoms with van der Waals surface area (Å²) in [5.41, 5.74) is 0. The number of hydrogen-bond acceptors (Lipinski definition) is 6. The Labute approximate surface area is 131 Å². The normalized spacial score (nSPS) is 23.6. The molecule has 1 aromatic heterocycles. The summed E-state index contributed by atoms with van der Waals surface area (Å²) in [6.45, 7) is 8.80. The Bertz CT molecular complexity index is 429. The van der Waals surface area contributed by atoms with Crippen LogP contribution in [0.3, 0.4) is 0 Å². The number of nitrogens with zero attached hydrogens (tertiary/aromatic N) is 4. The van der Waals surface area contributed by atoms with Crippen molar-refractivity contribution in [1.82, 2.24) is 19.8 Å². The second-order valence-electron chi connectivity index (χ2n) is 6.07. The first kappa shape index (κ1) is 16.6. The molecule has 0 amide bonds. The highest BCUT2D eigenvalue weighted by atomic mass is 32.2. The van der Waals surface area contributed by atoms with E-state index in [1.54, 1.807) is 23.5 Å². The van der Waals surface area contributed by atoms with Gasteiger partial charge in [0.15, 0.2) is 5.82 Å². The topological polar surface area (TPSA) is 69.2 Å². The van der Waals surface area contributed by atoms with Crippen molar-refractivity contribution in [2.45, 2.75) is 31.8 Å². The molecule has 120 valence electrons. The summed E-state index contributed by atoms with van der Waals surface area (Å²) in [6.07, 6.45) is 2.05. The van der Waals surface area contributed by atoms with E-state index < -0.39 is 0 Å². The van der Waals surface area contributed by atoms with Gasteiger partial charge in [0.1, 0.15) is 0 Å². The molecule has 0 saturated carbocycles. The summed E-state index contributed by atoms with van der Waals surface area (Å²) in [6, 6.07) is 0. The number of rotatable bonds is 7. The molecule has 2 N–H and O–H groups in total. The first-order chi connectivity index (χ1) is 10.1. The van der Waals surface area contributed by atoms with Crippen molar-refractivity contribution in [3.05, 3.63) is 5.82 Å². The molecule has 1 fully saturated rings. The van der Waals surface area contributed by atoms with Gasteiger partial charge in [-0.25, -0.2) is 4.68 Å². The number of ether oxygens (including phenoxy) is 1. The maximum Gasteiger partial charge on any atom is 0.209 e. The van der Waals surface area contributed by atoms with Crippen LogP contribution in [0.5, 0.6) is 0 Å². The Morgan fingerprint density at radius 3 is 2.67 bits per heavy atom. The third kappa shape index (κ3) is 4.86. The van der Waals surface area contributed by atoms with E-state index in [1.165, 1.54) is 19.5 Å². The van der Waals surface area contributed by atoms with Gasteiger partial charge in [0.05, 0.1) is 6.61 Å². The lowest BCUT2D eigenvalue weighted by Crippen LogP contribution is -2.39. The van der Waals surface area contributed by atoms with E-state index in [2.05, 4.69) is 28.9 Å². The van der Waals surface area contributed by atoms with Gasteiger partial charge in [-0.2, -0.15) is 0 Å². The lowest BCUT2D eigenvalue weighted by Gasteiger charge is -2.34. The molecule has 0 spiro atoms. The highest BCUT2D eigenvalue weighted by Crippen LogP contribution is 2.22.